The molecule has 1 aromatic heterocycles. The van der Waals surface area contributed by atoms with Crippen LogP contribution < -0.4 is 5.73 Å². The summed E-state index contributed by atoms with van der Waals surface area (Å²) in [5, 5.41) is 14.8. The van der Waals surface area contributed by atoms with Gasteiger partial charge in [0, 0.05) is 25.7 Å². The van der Waals surface area contributed by atoms with E-state index in [4.69, 9.17) is 5.73 Å². The average Bonchev–Trinajstić information content (AvgIpc) is 3.06. The Labute approximate surface area is 96.5 Å². The van der Waals surface area contributed by atoms with E-state index in [2.05, 4.69) is 18.1 Å². The van der Waals surface area contributed by atoms with Crippen molar-refractivity contribution in [2.45, 2.75) is 38.2 Å². The van der Waals surface area contributed by atoms with Crippen molar-refractivity contribution in [2.75, 3.05) is 6.54 Å². The summed E-state index contributed by atoms with van der Waals surface area (Å²) in [5.41, 5.74) is 7.14. The van der Waals surface area contributed by atoms with Gasteiger partial charge in [-0.15, -0.1) is 0 Å². The fourth-order valence-electron chi connectivity index (χ4n) is 2.23. The molecule has 1 fully saturated rings. The normalized spacial score (nSPS) is 19.8. The van der Waals surface area contributed by atoms with Gasteiger partial charge in [0.1, 0.15) is 0 Å². The van der Waals surface area contributed by atoms with E-state index in [0.29, 0.717) is 18.9 Å². The van der Waals surface area contributed by atoms with Crippen molar-refractivity contribution in [3.05, 3.63) is 17.5 Å². The third kappa shape index (κ3) is 2.13. The van der Waals surface area contributed by atoms with Gasteiger partial charge >= 0.3 is 0 Å². The van der Waals surface area contributed by atoms with Crippen LogP contribution in [-0.2, 0) is 19.9 Å². The third-order valence-corrected chi connectivity index (χ3v) is 3.57. The minimum Gasteiger partial charge on any atom is -0.388 e. The number of aryl methyl sites for hydroxylation is 2. The summed E-state index contributed by atoms with van der Waals surface area (Å²) >= 11 is 0. The van der Waals surface area contributed by atoms with Crippen molar-refractivity contribution in [1.82, 2.24) is 9.78 Å². The first-order valence-corrected chi connectivity index (χ1v) is 6.03. The minimum absolute atomic E-state index is 0.338. The first-order valence-electron chi connectivity index (χ1n) is 6.03. The van der Waals surface area contributed by atoms with Crippen LogP contribution in [-0.4, -0.2) is 27.0 Å². The SMILES string of the molecule is CCc1cc(CC(O)(CN)C2CC2)n(C)n1. The molecule has 0 spiro atoms. The number of nitrogens with zero attached hydrogens (tertiary/aromatic N) is 2. The maximum Gasteiger partial charge on any atom is 0.0852 e. The molecule has 0 saturated heterocycles. The monoisotopic (exact) mass is 223 g/mol. The van der Waals surface area contributed by atoms with Gasteiger partial charge in [0.2, 0.25) is 0 Å². The molecule has 1 saturated carbocycles. The summed E-state index contributed by atoms with van der Waals surface area (Å²) in [6, 6.07) is 2.07. The lowest BCUT2D eigenvalue weighted by molar-refractivity contribution is 0.0250. The van der Waals surface area contributed by atoms with Crippen LogP contribution in [0.3, 0.4) is 0 Å². The molecule has 1 unspecified atom stereocenters. The molecule has 4 nitrogen and oxygen atoms in total. The molecule has 1 heterocycles. The van der Waals surface area contributed by atoms with E-state index in [1.54, 1.807) is 0 Å². The van der Waals surface area contributed by atoms with Crippen LogP contribution in [0.1, 0.15) is 31.2 Å². The van der Waals surface area contributed by atoms with Crippen molar-refractivity contribution >= 4 is 0 Å². The van der Waals surface area contributed by atoms with E-state index in [9.17, 15) is 5.11 Å². The summed E-state index contributed by atoms with van der Waals surface area (Å²) in [6.07, 6.45) is 3.76. The van der Waals surface area contributed by atoms with E-state index in [1.807, 2.05) is 11.7 Å². The van der Waals surface area contributed by atoms with Crippen molar-refractivity contribution in [2.24, 2.45) is 18.7 Å². The lowest BCUT2D eigenvalue weighted by Gasteiger charge is -2.26. The fourth-order valence-corrected chi connectivity index (χ4v) is 2.23. The molecular weight excluding hydrogens is 202 g/mol. The maximum absolute atomic E-state index is 10.5. The van der Waals surface area contributed by atoms with Gasteiger partial charge < -0.3 is 10.8 Å². The van der Waals surface area contributed by atoms with Gasteiger partial charge in [-0.3, -0.25) is 4.68 Å². The maximum atomic E-state index is 10.5. The highest BCUT2D eigenvalue weighted by Crippen LogP contribution is 2.40. The highest BCUT2D eigenvalue weighted by molar-refractivity contribution is 5.14. The zero-order valence-corrected chi connectivity index (χ0v) is 10.1. The van der Waals surface area contributed by atoms with E-state index in [0.717, 1.165) is 30.7 Å². The standard InChI is InChI=1S/C12H21N3O/c1-3-10-6-11(15(2)14-10)7-12(16,8-13)9-4-5-9/h6,9,16H,3-5,7-8,13H2,1-2H3. The third-order valence-electron chi connectivity index (χ3n) is 3.57. The highest BCUT2D eigenvalue weighted by atomic mass is 16.3. The van der Waals surface area contributed by atoms with Crippen LogP contribution in [0, 0.1) is 5.92 Å². The molecule has 4 heteroatoms. The Morgan fingerprint density at radius 3 is 2.75 bits per heavy atom. The Kier molecular flexibility index (Phi) is 3.04. The number of rotatable bonds is 5. The second kappa shape index (κ2) is 4.18. The molecule has 2 rings (SSSR count). The second-order valence-corrected chi connectivity index (χ2v) is 4.86. The average molecular weight is 223 g/mol. The Morgan fingerprint density at radius 2 is 2.31 bits per heavy atom. The number of hydrogen-bond donors (Lipinski definition) is 2. The Morgan fingerprint density at radius 1 is 1.62 bits per heavy atom. The molecule has 90 valence electrons. The molecule has 16 heavy (non-hydrogen) atoms. The van der Waals surface area contributed by atoms with Crippen LogP contribution in [0.25, 0.3) is 0 Å². The summed E-state index contributed by atoms with van der Waals surface area (Å²) in [6.45, 7) is 2.42. The Balaban J connectivity index is 2.15. The van der Waals surface area contributed by atoms with E-state index >= 15 is 0 Å². The van der Waals surface area contributed by atoms with E-state index < -0.39 is 5.60 Å². The molecule has 0 aliphatic heterocycles. The molecular formula is C12H21N3O. The summed E-state index contributed by atoms with van der Waals surface area (Å²) < 4.78 is 1.86. The summed E-state index contributed by atoms with van der Waals surface area (Å²) in [7, 11) is 1.93. The van der Waals surface area contributed by atoms with Gasteiger partial charge in [-0.05, 0) is 31.2 Å². The Bertz CT molecular complexity index is 370. The molecule has 1 atom stereocenters. The number of aromatic nitrogens is 2. The molecule has 0 amide bonds. The predicted molar refractivity (Wildman–Crippen MR) is 63.0 cm³/mol. The smallest absolute Gasteiger partial charge is 0.0852 e. The topological polar surface area (TPSA) is 64.1 Å². The molecule has 1 aliphatic carbocycles. The van der Waals surface area contributed by atoms with Gasteiger partial charge in [0.05, 0.1) is 11.3 Å². The second-order valence-electron chi connectivity index (χ2n) is 4.86. The van der Waals surface area contributed by atoms with Gasteiger partial charge in [-0.25, -0.2) is 0 Å². The lowest BCUT2D eigenvalue weighted by atomic mass is 9.92. The molecule has 3 N–H and O–H groups in total. The van der Waals surface area contributed by atoms with Gasteiger partial charge in [0.15, 0.2) is 0 Å². The molecule has 1 aromatic rings. The first-order chi connectivity index (χ1) is 7.59. The largest absolute Gasteiger partial charge is 0.388 e. The van der Waals surface area contributed by atoms with Crippen LogP contribution in [0.15, 0.2) is 6.07 Å². The van der Waals surface area contributed by atoms with Gasteiger partial charge in [0.25, 0.3) is 0 Å². The zero-order chi connectivity index (χ0) is 11.8. The molecule has 1 aliphatic rings. The van der Waals surface area contributed by atoms with Crippen molar-refractivity contribution < 1.29 is 5.11 Å². The van der Waals surface area contributed by atoms with Crippen LogP contribution >= 0.6 is 0 Å². The number of aliphatic hydroxyl groups is 1. The van der Waals surface area contributed by atoms with Crippen molar-refractivity contribution in [1.29, 1.82) is 0 Å². The summed E-state index contributed by atoms with van der Waals surface area (Å²) in [4.78, 5) is 0. The van der Waals surface area contributed by atoms with Gasteiger partial charge in [-0.2, -0.15) is 5.10 Å². The predicted octanol–water partition coefficient (Wildman–Crippen LogP) is 0.625. The first kappa shape index (κ1) is 11.6. The molecule has 0 radical (unpaired) electrons. The Hall–Kier alpha value is -0.870. The zero-order valence-electron chi connectivity index (χ0n) is 10.1. The van der Waals surface area contributed by atoms with Crippen molar-refractivity contribution in [3.8, 4) is 0 Å². The lowest BCUT2D eigenvalue weighted by Crippen LogP contribution is -2.42. The van der Waals surface area contributed by atoms with Crippen LogP contribution in [0.4, 0.5) is 0 Å². The van der Waals surface area contributed by atoms with Crippen molar-refractivity contribution in [3.63, 3.8) is 0 Å². The number of hydrogen-bond acceptors (Lipinski definition) is 3. The summed E-state index contributed by atoms with van der Waals surface area (Å²) in [5.74, 6) is 0.387. The van der Waals surface area contributed by atoms with E-state index in [-0.39, 0.29) is 0 Å². The van der Waals surface area contributed by atoms with Gasteiger partial charge in [-0.1, -0.05) is 6.92 Å². The van der Waals surface area contributed by atoms with Crippen LogP contribution in [0.2, 0.25) is 0 Å². The minimum atomic E-state index is -0.723. The fraction of sp³-hybridized carbons (Fsp3) is 0.750. The number of nitrogens with two attached hydrogens (primary N) is 1. The van der Waals surface area contributed by atoms with E-state index in [1.165, 1.54) is 0 Å². The highest BCUT2D eigenvalue weighted by Gasteiger charge is 2.43. The molecule has 0 aromatic carbocycles. The molecule has 0 bridgehead atoms. The van der Waals surface area contributed by atoms with Crippen LogP contribution in [0.5, 0.6) is 0 Å². The quantitative estimate of drug-likeness (QED) is 0.769.